The van der Waals surface area contributed by atoms with Gasteiger partial charge in [-0.3, -0.25) is 0 Å². The normalized spacial score (nSPS) is 11.4. The molecule has 0 atom stereocenters. The van der Waals surface area contributed by atoms with E-state index in [9.17, 15) is 0 Å². The van der Waals surface area contributed by atoms with Crippen LogP contribution < -0.4 is 5.32 Å². The zero-order valence-corrected chi connectivity index (χ0v) is 11.6. The lowest BCUT2D eigenvalue weighted by atomic mass is 10.2. The summed E-state index contributed by atoms with van der Waals surface area (Å²) in [5, 5.41) is 4.56. The van der Waals surface area contributed by atoms with Crippen molar-refractivity contribution in [2.75, 3.05) is 32.5 Å². The van der Waals surface area contributed by atoms with Gasteiger partial charge in [-0.25, -0.2) is 9.97 Å². The number of aromatic nitrogens is 2. The summed E-state index contributed by atoms with van der Waals surface area (Å²) in [6.45, 7) is 6.15. The van der Waals surface area contributed by atoms with Crippen molar-refractivity contribution in [3.8, 4) is 0 Å². The summed E-state index contributed by atoms with van der Waals surface area (Å²) < 4.78 is 0. The molecule has 2 aromatic heterocycles. The molecule has 0 fully saturated rings. The fourth-order valence-corrected chi connectivity index (χ4v) is 2.71. The summed E-state index contributed by atoms with van der Waals surface area (Å²) in [4.78, 5) is 13.2. The van der Waals surface area contributed by atoms with Crippen molar-refractivity contribution in [1.82, 2.24) is 14.9 Å². The van der Waals surface area contributed by atoms with E-state index in [4.69, 9.17) is 0 Å². The number of hydrogen-bond donors (Lipinski definition) is 1. The minimum atomic E-state index is 0.896. The van der Waals surface area contributed by atoms with Crippen LogP contribution in [-0.4, -0.2) is 42.1 Å². The van der Waals surface area contributed by atoms with Gasteiger partial charge in [0.25, 0.3) is 0 Å². The molecule has 17 heavy (non-hydrogen) atoms. The maximum Gasteiger partial charge on any atom is 0.138 e. The third kappa shape index (κ3) is 2.56. The molecule has 0 bridgehead atoms. The van der Waals surface area contributed by atoms with Crippen LogP contribution in [0.25, 0.3) is 10.2 Å². The molecule has 0 aromatic carbocycles. The van der Waals surface area contributed by atoms with Crippen LogP contribution in [0.2, 0.25) is 0 Å². The number of thiophene rings is 1. The van der Waals surface area contributed by atoms with Gasteiger partial charge in [0, 0.05) is 18.0 Å². The van der Waals surface area contributed by atoms with Crippen molar-refractivity contribution in [2.45, 2.75) is 13.8 Å². The van der Waals surface area contributed by atoms with E-state index < -0.39 is 0 Å². The second-order valence-electron chi connectivity index (χ2n) is 4.42. The molecule has 2 aromatic rings. The van der Waals surface area contributed by atoms with Gasteiger partial charge >= 0.3 is 0 Å². The Balaban J connectivity index is 2.27. The smallest absolute Gasteiger partial charge is 0.138 e. The second kappa shape index (κ2) is 4.98. The van der Waals surface area contributed by atoms with Crippen LogP contribution in [-0.2, 0) is 0 Å². The number of hydrogen-bond acceptors (Lipinski definition) is 5. The third-order valence-corrected chi connectivity index (χ3v) is 3.93. The lowest BCUT2D eigenvalue weighted by Crippen LogP contribution is -2.21. The van der Waals surface area contributed by atoms with Crippen molar-refractivity contribution in [1.29, 1.82) is 0 Å². The Labute approximate surface area is 106 Å². The van der Waals surface area contributed by atoms with Gasteiger partial charge in [0.2, 0.25) is 0 Å². The molecule has 0 unspecified atom stereocenters. The molecule has 0 amide bonds. The highest BCUT2D eigenvalue weighted by atomic mass is 32.1. The molecule has 5 heteroatoms. The molecule has 0 radical (unpaired) electrons. The number of nitrogens with zero attached hydrogens (tertiary/aromatic N) is 3. The average Bonchev–Trinajstić information content (AvgIpc) is 2.55. The van der Waals surface area contributed by atoms with Crippen molar-refractivity contribution < 1.29 is 0 Å². The van der Waals surface area contributed by atoms with Crippen LogP contribution in [0.1, 0.15) is 10.4 Å². The molecule has 0 spiro atoms. The molecule has 1 N–H and O–H groups in total. The average molecular weight is 250 g/mol. The number of likely N-dealkylation sites (N-methyl/N-ethyl adjacent to an activating group) is 1. The maximum absolute atomic E-state index is 4.34. The zero-order valence-electron chi connectivity index (χ0n) is 10.7. The molecule has 92 valence electrons. The van der Waals surface area contributed by atoms with Crippen LogP contribution in [0.4, 0.5) is 5.82 Å². The number of nitrogens with one attached hydrogen (secondary N) is 1. The first-order valence-electron chi connectivity index (χ1n) is 5.69. The quantitative estimate of drug-likeness (QED) is 0.904. The summed E-state index contributed by atoms with van der Waals surface area (Å²) in [7, 11) is 4.13. The standard InChI is InChI=1S/C12H18N4S/c1-8-9(2)17-12-10(8)11(14-7-15-12)13-5-6-16(3)4/h7H,5-6H2,1-4H3,(H,13,14,15). The second-order valence-corrected chi connectivity index (χ2v) is 5.62. The molecule has 2 rings (SSSR count). The van der Waals surface area contributed by atoms with Gasteiger partial charge < -0.3 is 10.2 Å². The topological polar surface area (TPSA) is 41.1 Å². The lowest BCUT2D eigenvalue weighted by Gasteiger charge is -2.11. The SMILES string of the molecule is Cc1sc2ncnc(NCCN(C)C)c2c1C. The van der Waals surface area contributed by atoms with Crippen LogP contribution >= 0.6 is 11.3 Å². The van der Waals surface area contributed by atoms with Crippen molar-refractivity contribution >= 4 is 27.4 Å². The van der Waals surface area contributed by atoms with Gasteiger partial charge in [-0.05, 0) is 33.5 Å². The molecule has 2 heterocycles. The van der Waals surface area contributed by atoms with E-state index in [0.29, 0.717) is 0 Å². The molecular formula is C12H18N4S. The number of anilines is 1. The van der Waals surface area contributed by atoms with E-state index in [2.05, 4.69) is 48.1 Å². The van der Waals surface area contributed by atoms with Gasteiger partial charge in [-0.15, -0.1) is 11.3 Å². The van der Waals surface area contributed by atoms with E-state index in [1.807, 2.05) is 0 Å². The van der Waals surface area contributed by atoms with E-state index in [1.54, 1.807) is 17.7 Å². The fraction of sp³-hybridized carbons (Fsp3) is 0.500. The minimum Gasteiger partial charge on any atom is -0.368 e. The molecule has 0 saturated carbocycles. The molecule has 0 aliphatic rings. The van der Waals surface area contributed by atoms with Crippen molar-refractivity contribution in [3.05, 3.63) is 16.8 Å². The van der Waals surface area contributed by atoms with E-state index >= 15 is 0 Å². The Bertz CT molecular complexity index is 518. The van der Waals surface area contributed by atoms with Gasteiger partial charge in [-0.1, -0.05) is 0 Å². The highest BCUT2D eigenvalue weighted by molar-refractivity contribution is 7.18. The molecule has 0 saturated heterocycles. The zero-order chi connectivity index (χ0) is 12.4. The summed E-state index contributed by atoms with van der Waals surface area (Å²) in [6.07, 6.45) is 1.63. The predicted octanol–water partition coefficient (Wildman–Crippen LogP) is 2.28. The van der Waals surface area contributed by atoms with Gasteiger partial charge in [0.1, 0.15) is 17.0 Å². The van der Waals surface area contributed by atoms with E-state index in [0.717, 1.165) is 23.7 Å². The third-order valence-electron chi connectivity index (χ3n) is 2.82. The minimum absolute atomic E-state index is 0.896. The Kier molecular flexibility index (Phi) is 3.59. The van der Waals surface area contributed by atoms with Gasteiger partial charge in [0.15, 0.2) is 0 Å². The monoisotopic (exact) mass is 250 g/mol. The molecular weight excluding hydrogens is 232 g/mol. The Hall–Kier alpha value is -1.20. The van der Waals surface area contributed by atoms with Crippen LogP contribution in [0.3, 0.4) is 0 Å². The summed E-state index contributed by atoms with van der Waals surface area (Å²) in [5.74, 6) is 0.957. The molecule has 0 aliphatic heterocycles. The lowest BCUT2D eigenvalue weighted by molar-refractivity contribution is 0.425. The Morgan fingerprint density at radius 2 is 2.06 bits per heavy atom. The number of aryl methyl sites for hydroxylation is 2. The molecule has 4 nitrogen and oxygen atoms in total. The van der Waals surface area contributed by atoms with Crippen LogP contribution in [0.5, 0.6) is 0 Å². The first-order chi connectivity index (χ1) is 8.09. The van der Waals surface area contributed by atoms with Crippen LogP contribution in [0.15, 0.2) is 6.33 Å². The van der Waals surface area contributed by atoms with Crippen molar-refractivity contribution in [2.24, 2.45) is 0 Å². The highest BCUT2D eigenvalue weighted by Crippen LogP contribution is 2.32. The first kappa shape index (κ1) is 12.3. The summed E-state index contributed by atoms with van der Waals surface area (Å²) in [6, 6.07) is 0. The van der Waals surface area contributed by atoms with Gasteiger partial charge in [-0.2, -0.15) is 0 Å². The fourth-order valence-electron chi connectivity index (χ4n) is 1.71. The van der Waals surface area contributed by atoms with E-state index in [-0.39, 0.29) is 0 Å². The largest absolute Gasteiger partial charge is 0.368 e. The Morgan fingerprint density at radius 1 is 1.29 bits per heavy atom. The summed E-state index contributed by atoms with van der Waals surface area (Å²) >= 11 is 1.73. The first-order valence-corrected chi connectivity index (χ1v) is 6.50. The van der Waals surface area contributed by atoms with Crippen molar-refractivity contribution in [3.63, 3.8) is 0 Å². The van der Waals surface area contributed by atoms with Crippen LogP contribution in [0, 0.1) is 13.8 Å². The predicted molar refractivity (Wildman–Crippen MR) is 73.9 cm³/mol. The Morgan fingerprint density at radius 3 is 2.76 bits per heavy atom. The maximum atomic E-state index is 4.34. The highest BCUT2D eigenvalue weighted by Gasteiger charge is 2.11. The number of rotatable bonds is 4. The van der Waals surface area contributed by atoms with Gasteiger partial charge in [0.05, 0.1) is 5.39 Å². The van der Waals surface area contributed by atoms with E-state index in [1.165, 1.54) is 15.8 Å². The molecule has 0 aliphatic carbocycles. The summed E-state index contributed by atoms with van der Waals surface area (Å²) in [5.41, 5.74) is 1.29. The number of fused-ring (bicyclic) bond motifs is 1.